The van der Waals surface area contributed by atoms with Crippen LogP contribution >= 0.6 is 0 Å². The van der Waals surface area contributed by atoms with Crippen LogP contribution in [0.2, 0.25) is 0 Å². The molecule has 266 valence electrons. The fourth-order valence-corrected chi connectivity index (χ4v) is 7.03. The van der Waals surface area contributed by atoms with E-state index < -0.39 is 48.6 Å². The van der Waals surface area contributed by atoms with E-state index in [2.05, 4.69) is 15.7 Å². The third-order valence-corrected chi connectivity index (χ3v) is 9.56. The van der Waals surface area contributed by atoms with Crippen LogP contribution in [0.4, 0.5) is 28.4 Å². The SMILES string of the molecule is CC(C)n1nccc1C(=O)N[C@H](C(=O)Nc1ccc2c(c1)CN(C(=O)OC(C)(C)C)CC2N1C[C@@H](C(F)(F)F)NC1=O)C(C1CC1)C1CC1. The topological polar surface area (TPSA) is 138 Å². The van der Waals surface area contributed by atoms with Crippen molar-refractivity contribution in [2.45, 2.75) is 103 Å². The van der Waals surface area contributed by atoms with Crippen molar-refractivity contribution in [3.8, 4) is 0 Å². The van der Waals surface area contributed by atoms with Gasteiger partial charge in [-0.25, -0.2) is 9.59 Å². The zero-order valence-electron chi connectivity index (χ0n) is 28.3. The zero-order chi connectivity index (χ0) is 35.4. The van der Waals surface area contributed by atoms with Gasteiger partial charge in [-0.3, -0.25) is 14.3 Å². The Kier molecular flexibility index (Phi) is 9.07. The summed E-state index contributed by atoms with van der Waals surface area (Å²) in [7, 11) is 0. The Bertz CT molecular complexity index is 1600. The number of nitrogens with one attached hydrogen (secondary N) is 3. The molecule has 1 saturated heterocycles. The van der Waals surface area contributed by atoms with Crippen molar-refractivity contribution >= 4 is 29.6 Å². The molecule has 49 heavy (non-hydrogen) atoms. The van der Waals surface area contributed by atoms with Crippen LogP contribution in [0.5, 0.6) is 0 Å². The third kappa shape index (κ3) is 7.64. The van der Waals surface area contributed by atoms with Crippen molar-refractivity contribution in [1.82, 2.24) is 30.2 Å². The highest BCUT2D eigenvalue weighted by Gasteiger charge is 2.51. The first-order chi connectivity index (χ1) is 23.0. The smallest absolute Gasteiger partial charge is 0.410 e. The molecule has 0 bridgehead atoms. The number of rotatable bonds is 9. The van der Waals surface area contributed by atoms with E-state index in [0.717, 1.165) is 30.6 Å². The van der Waals surface area contributed by atoms with Gasteiger partial charge < -0.3 is 30.5 Å². The van der Waals surface area contributed by atoms with E-state index in [1.54, 1.807) is 55.9 Å². The van der Waals surface area contributed by atoms with Gasteiger partial charge in [0.1, 0.15) is 23.4 Å². The van der Waals surface area contributed by atoms with E-state index in [4.69, 9.17) is 4.74 Å². The summed E-state index contributed by atoms with van der Waals surface area (Å²) >= 11 is 0. The third-order valence-electron chi connectivity index (χ3n) is 9.56. The summed E-state index contributed by atoms with van der Waals surface area (Å²) in [5.74, 6) is -0.134. The van der Waals surface area contributed by atoms with E-state index in [9.17, 15) is 32.3 Å². The van der Waals surface area contributed by atoms with E-state index in [-0.39, 0.29) is 36.9 Å². The molecular formula is C34H44F3N7O5. The number of benzene rings is 1. The number of urea groups is 1. The van der Waals surface area contributed by atoms with E-state index >= 15 is 0 Å². The van der Waals surface area contributed by atoms with Crippen LogP contribution in [0.3, 0.4) is 0 Å². The van der Waals surface area contributed by atoms with Crippen LogP contribution in [-0.4, -0.2) is 80.5 Å². The average molecular weight is 688 g/mol. The molecule has 2 aliphatic carbocycles. The van der Waals surface area contributed by atoms with Crippen LogP contribution in [0, 0.1) is 17.8 Å². The average Bonchev–Trinajstić information content (AvgIpc) is 3.93. The predicted octanol–water partition coefficient (Wildman–Crippen LogP) is 5.39. The molecule has 6 rings (SSSR count). The van der Waals surface area contributed by atoms with Gasteiger partial charge in [0.25, 0.3) is 5.91 Å². The number of anilines is 1. The summed E-state index contributed by atoms with van der Waals surface area (Å²) in [5, 5.41) is 12.3. The second-order valence-electron chi connectivity index (χ2n) is 14.9. The van der Waals surface area contributed by atoms with Crippen molar-refractivity contribution in [2.24, 2.45) is 17.8 Å². The highest BCUT2D eigenvalue weighted by Crippen LogP contribution is 2.51. The van der Waals surface area contributed by atoms with Gasteiger partial charge in [-0.1, -0.05) is 6.07 Å². The molecule has 4 aliphatic rings. The van der Waals surface area contributed by atoms with Gasteiger partial charge in [0, 0.05) is 31.0 Å². The maximum absolute atomic E-state index is 14.1. The molecule has 3 N–H and O–H groups in total. The van der Waals surface area contributed by atoms with Gasteiger partial charge >= 0.3 is 18.3 Å². The van der Waals surface area contributed by atoms with Gasteiger partial charge in [-0.2, -0.15) is 18.3 Å². The zero-order valence-corrected chi connectivity index (χ0v) is 28.3. The molecule has 3 heterocycles. The highest BCUT2D eigenvalue weighted by atomic mass is 19.4. The summed E-state index contributed by atoms with van der Waals surface area (Å²) in [5.41, 5.74) is 1.03. The normalized spacial score (nSPS) is 21.8. The number of fused-ring (bicyclic) bond motifs is 1. The van der Waals surface area contributed by atoms with Gasteiger partial charge in [0.15, 0.2) is 0 Å². The number of carbonyl (C=O) groups excluding carboxylic acids is 4. The number of carbonyl (C=O) groups is 4. The number of amides is 5. The van der Waals surface area contributed by atoms with E-state index in [1.807, 2.05) is 19.2 Å². The number of ether oxygens (including phenoxy) is 1. The molecular weight excluding hydrogens is 643 g/mol. The maximum atomic E-state index is 14.1. The quantitative estimate of drug-likeness (QED) is 0.324. The lowest BCUT2D eigenvalue weighted by Gasteiger charge is -2.39. The van der Waals surface area contributed by atoms with Crippen LogP contribution in [0.15, 0.2) is 30.5 Å². The van der Waals surface area contributed by atoms with Crippen molar-refractivity contribution < 1.29 is 37.1 Å². The molecule has 0 spiro atoms. The first kappa shape index (κ1) is 34.6. The van der Waals surface area contributed by atoms with E-state index in [0.29, 0.717) is 34.3 Å². The van der Waals surface area contributed by atoms with Crippen molar-refractivity contribution in [1.29, 1.82) is 0 Å². The lowest BCUT2D eigenvalue weighted by atomic mass is 9.88. The second kappa shape index (κ2) is 12.9. The summed E-state index contributed by atoms with van der Waals surface area (Å²) in [6.45, 7) is 8.31. The monoisotopic (exact) mass is 687 g/mol. The van der Waals surface area contributed by atoms with E-state index in [1.165, 1.54) is 4.90 Å². The molecule has 1 aromatic heterocycles. The van der Waals surface area contributed by atoms with Crippen LogP contribution in [0.1, 0.15) is 94.0 Å². The second-order valence-corrected chi connectivity index (χ2v) is 14.9. The summed E-state index contributed by atoms with van der Waals surface area (Å²) < 4.78 is 47.9. The molecule has 3 atom stereocenters. The first-order valence-corrected chi connectivity index (χ1v) is 16.9. The molecule has 3 fully saturated rings. The Balaban J connectivity index is 1.28. The van der Waals surface area contributed by atoms with Crippen molar-refractivity contribution in [2.75, 3.05) is 18.4 Å². The fraction of sp³-hybridized carbons (Fsp3) is 0.618. The lowest BCUT2D eigenvalue weighted by Crippen LogP contribution is -2.50. The molecule has 2 aliphatic heterocycles. The van der Waals surface area contributed by atoms with Gasteiger partial charge in [-0.05, 0) is 107 Å². The van der Waals surface area contributed by atoms with Crippen LogP contribution in [0.25, 0.3) is 0 Å². The van der Waals surface area contributed by atoms with Gasteiger partial charge in [0.2, 0.25) is 5.91 Å². The Labute approximate surface area is 283 Å². The lowest BCUT2D eigenvalue weighted by molar-refractivity contribution is -0.150. The standard InChI is InChI=1S/C34H44F3N7O5/c1-18(2)44-24(12-13-38-44)29(45)41-28(27(19-6-7-19)20-8-9-20)30(46)39-22-10-11-23-21(14-22)15-42(32(48)49-33(3,4)5)16-25(23)43-17-26(34(35,36)37)40-31(43)47/h10-14,18-20,25-28H,6-9,15-17H2,1-5H3,(H,39,46)(H,40,47)(H,41,45)/t25?,26-,28-/m0/s1. The summed E-state index contributed by atoms with van der Waals surface area (Å²) in [6.07, 6.45) is 0.203. The van der Waals surface area contributed by atoms with Gasteiger partial charge in [-0.15, -0.1) is 0 Å². The van der Waals surface area contributed by atoms with Gasteiger partial charge in [0.05, 0.1) is 12.6 Å². The molecule has 15 heteroatoms. The summed E-state index contributed by atoms with van der Waals surface area (Å²) in [6, 6.07) is 1.92. The number of halogens is 3. The Morgan fingerprint density at radius 3 is 2.27 bits per heavy atom. The number of hydrogen-bond acceptors (Lipinski definition) is 6. The molecule has 1 aromatic carbocycles. The largest absolute Gasteiger partial charge is 0.444 e. The minimum atomic E-state index is -4.64. The number of alkyl halides is 3. The highest BCUT2D eigenvalue weighted by molar-refractivity contribution is 6.01. The molecule has 2 aromatic rings. The number of nitrogens with zero attached hydrogens (tertiary/aromatic N) is 4. The fourth-order valence-electron chi connectivity index (χ4n) is 7.03. The Morgan fingerprint density at radius 2 is 1.69 bits per heavy atom. The minimum Gasteiger partial charge on any atom is -0.444 e. The molecule has 0 radical (unpaired) electrons. The van der Waals surface area contributed by atoms with Crippen LogP contribution < -0.4 is 16.0 Å². The maximum Gasteiger partial charge on any atom is 0.410 e. The molecule has 2 saturated carbocycles. The van der Waals surface area contributed by atoms with Crippen molar-refractivity contribution in [3.05, 3.63) is 47.3 Å². The van der Waals surface area contributed by atoms with Crippen molar-refractivity contribution in [3.63, 3.8) is 0 Å². The summed E-state index contributed by atoms with van der Waals surface area (Å²) in [4.78, 5) is 56.1. The number of hydrogen-bond donors (Lipinski definition) is 3. The minimum absolute atomic E-state index is 0.0284. The molecule has 5 amide bonds. The Morgan fingerprint density at radius 1 is 1.02 bits per heavy atom. The number of aromatic nitrogens is 2. The van der Waals surface area contributed by atoms with Crippen LogP contribution in [-0.2, 0) is 16.1 Å². The Hall–Kier alpha value is -4.30. The molecule has 1 unspecified atom stereocenters. The first-order valence-electron chi connectivity index (χ1n) is 16.9. The predicted molar refractivity (Wildman–Crippen MR) is 172 cm³/mol. The molecule has 12 nitrogen and oxygen atoms in total.